The maximum absolute atomic E-state index is 13.0. The first kappa shape index (κ1) is 18.9. The van der Waals surface area contributed by atoms with E-state index >= 15 is 0 Å². The number of ether oxygens (including phenoxy) is 1. The van der Waals surface area contributed by atoms with Gasteiger partial charge in [-0.25, -0.2) is 0 Å². The van der Waals surface area contributed by atoms with Crippen molar-refractivity contribution in [1.29, 1.82) is 0 Å². The second kappa shape index (κ2) is 7.76. The van der Waals surface area contributed by atoms with Crippen molar-refractivity contribution in [3.05, 3.63) is 35.9 Å². The maximum Gasteiger partial charge on any atom is 0.225 e. The van der Waals surface area contributed by atoms with Crippen LogP contribution in [0.25, 0.3) is 0 Å². The third-order valence-corrected chi connectivity index (χ3v) is 5.66. The van der Waals surface area contributed by atoms with Gasteiger partial charge in [-0.3, -0.25) is 9.59 Å². The van der Waals surface area contributed by atoms with Gasteiger partial charge < -0.3 is 19.9 Å². The fourth-order valence-corrected chi connectivity index (χ4v) is 4.72. The first-order valence-corrected chi connectivity index (χ1v) is 9.27. The summed E-state index contributed by atoms with van der Waals surface area (Å²) in [6.45, 7) is 4.25. The van der Waals surface area contributed by atoms with Crippen molar-refractivity contribution in [2.45, 2.75) is 31.3 Å². The zero-order valence-electron chi connectivity index (χ0n) is 15.9. The van der Waals surface area contributed by atoms with E-state index in [4.69, 9.17) is 4.74 Å². The summed E-state index contributed by atoms with van der Waals surface area (Å²) in [4.78, 5) is 29.2. The van der Waals surface area contributed by atoms with Gasteiger partial charge in [0.15, 0.2) is 0 Å². The lowest BCUT2D eigenvalue weighted by molar-refractivity contribution is -0.133. The molecule has 1 aromatic rings. The molecule has 2 amide bonds. The number of carbonyl (C=O) groups is 2. The van der Waals surface area contributed by atoms with Crippen LogP contribution in [0, 0.1) is 5.92 Å². The number of hydrogen-bond donors (Lipinski definition) is 1. The Kier molecular flexibility index (Phi) is 5.63. The van der Waals surface area contributed by atoms with E-state index in [1.54, 1.807) is 14.0 Å². The number of piperidine rings is 1. The summed E-state index contributed by atoms with van der Waals surface area (Å²) in [5, 5.41) is 3.22. The van der Waals surface area contributed by atoms with Gasteiger partial charge in [0.25, 0.3) is 0 Å². The Labute approximate surface area is 155 Å². The summed E-state index contributed by atoms with van der Waals surface area (Å²) in [7, 11) is 3.69. The molecule has 0 aromatic heterocycles. The number of carbonyl (C=O) groups excluding carboxylic acids is 2. The number of hydrogen-bond acceptors (Lipinski definition) is 4. The molecule has 26 heavy (non-hydrogen) atoms. The molecule has 1 aromatic carbocycles. The van der Waals surface area contributed by atoms with Crippen LogP contribution in [0.5, 0.6) is 0 Å². The summed E-state index contributed by atoms with van der Waals surface area (Å²) in [6.07, 6.45) is 1.31. The molecule has 0 saturated carbocycles. The number of rotatable bonds is 5. The fraction of sp³-hybridized carbons (Fsp3) is 0.600. The van der Waals surface area contributed by atoms with E-state index in [9.17, 15) is 9.59 Å². The van der Waals surface area contributed by atoms with Gasteiger partial charge in [0.05, 0.1) is 24.6 Å². The smallest absolute Gasteiger partial charge is 0.225 e. The molecule has 142 valence electrons. The quantitative estimate of drug-likeness (QED) is 0.864. The number of methoxy groups -OCH3 is 1. The van der Waals surface area contributed by atoms with Gasteiger partial charge in [0.1, 0.15) is 0 Å². The Morgan fingerprint density at radius 2 is 2.00 bits per heavy atom. The second-order valence-electron chi connectivity index (χ2n) is 7.59. The van der Waals surface area contributed by atoms with E-state index in [-0.39, 0.29) is 23.8 Å². The van der Waals surface area contributed by atoms with Gasteiger partial charge >= 0.3 is 0 Å². The van der Waals surface area contributed by atoms with E-state index in [0.29, 0.717) is 19.6 Å². The van der Waals surface area contributed by atoms with Crippen LogP contribution in [-0.2, 0) is 14.3 Å². The minimum Gasteiger partial charge on any atom is -0.384 e. The Morgan fingerprint density at radius 1 is 1.27 bits per heavy atom. The van der Waals surface area contributed by atoms with Crippen LogP contribution in [-0.4, -0.2) is 67.6 Å². The molecular weight excluding hydrogens is 330 g/mol. The van der Waals surface area contributed by atoms with Crippen LogP contribution < -0.4 is 5.32 Å². The van der Waals surface area contributed by atoms with E-state index in [1.165, 1.54) is 0 Å². The van der Waals surface area contributed by atoms with Crippen molar-refractivity contribution >= 4 is 11.8 Å². The Hall–Kier alpha value is -1.92. The molecule has 3 rings (SSSR count). The van der Waals surface area contributed by atoms with Crippen molar-refractivity contribution in [3.8, 4) is 0 Å². The van der Waals surface area contributed by atoms with E-state index < -0.39 is 5.54 Å². The molecule has 2 saturated heterocycles. The first-order valence-electron chi connectivity index (χ1n) is 9.27. The molecule has 2 fully saturated rings. The highest BCUT2D eigenvalue weighted by atomic mass is 16.5. The predicted molar refractivity (Wildman–Crippen MR) is 99.5 cm³/mol. The number of likely N-dealkylation sites (N-methyl/N-ethyl adjacent to an activating group) is 1. The lowest BCUT2D eigenvalue weighted by Crippen LogP contribution is -2.63. The molecule has 0 aliphatic carbocycles. The predicted octanol–water partition coefficient (Wildman–Crippen LogP) is 1.43. The number of nitrogens with zero attached hydrogens (tertiary/aromatic N) is 2. The third-order valence-electron chi connectivity index (χ3n) is 5.66. The zero-order valence-corrected chi connectivity index (χ0v) is 15.9. The Balaban J connectivity index is 1.99. The van der Waals surface area contributed by atoms with Gasteiger partial charge in [-0.15, -0.1) is 0 Å². The van der Waals surface area contributed by atoms with Crippen molar-refractivity contribution in [2.24, 2.45) is 5.92 Å². The number of amides is 2. The molecule has 6 heteroatoms. The average Bonchev–Trinajstić information content (AvgIpc) is 2.93. The van der Waals surface area contributed by atoms with Crippen LogP contribution in [0.4, 0.5) is 0 Å². The molecule has 6 nitrogen and oxygen atoms in total. The summed E-state index contributed by atoms with van der Waals surface area (Å²) >= 11 is 0. The molecule has 2 aliphatic heterocycles. The zero-order chi connectivity index (χ0) is 18.7. The monoisotopic (exact) mass is 359 g/mol. The van der Waals surface area contributed by atoms with Crippen LogP contribution in [0.15, 0.2) is 30.3 Å². The normalized spacial score (nSPS) is 28.7. The molecule has 2 heterocycles. The maximum atomic E-state index is 13.0. The van der Waals surface area contributed by atoms with Crippen LogP contribution in [0.2, 0.25) is 0 Å². The minimum atomic E-state index is -0.401. The van der Waals surface area contributed by atoms with Gasteiger partial charge in [-0.2, -0.15) is 0 Å². The largest absolute Gasteiger partial charge is 0.384 e. The van der Waals surface area contributed by atoms with Crippen LogP contribution in [0.1, 0.15) is 31.4 Å². The van der Waals surface area contributed by atoms with Crippen molar-refractivity contribution in [1.82, 2.24) is 15.1 Å². The summed E-state index contributed by atoms with van der Waals surface area (Å²) in [5.74, 6) is 0.252. The van der Waals surface area contributed by atoms with E-state index in [2.05, 4.69) is 29.4 Å². The first-order chi connectivity index (χ1) is 12.5. The molecule has 3 atom stereocenters. The average molecular weight is 359 g/mol. The van der Waals surface area contributed by atoms with Crippen molar-refractivity contribution < 1.29 is 14.3 Å². The second-order valence-corrected chi connectivity index (χ2v) is 7.59. The molecule has 0 unspecified atom stereocenters. The summed E-state index contributed by atoms with van der Waals surface area (Å²) < 4.78 is 5.11. The Morgan fingerprint density at radius 3 is 2.65 bits per heavy atom. The number of nitrogens with one attached hydrogen (secondary N) is 1. The number of likely N-dealkylation sites (tertiary alicyclic amines) is 2. The highest BCUT2D eigenvalue weighted by molar-refractivity contribution is 5.79. The van der Waals surface area contributed by atoms with Crippen molar-refractivity contribution in [2.75, 3.05) is 40.4 Å². The summed E-state index contributed by atoms with van der Waals surface area (Å²) in [5.41, 5.74) is 0.738. The molecule has 1 N–H and O–H groups in total. The van der Waals surface area contributed by atoms with Crippen molar-refractivity contribution in [3.63, 3.8) is 0 Å². The van der Waals surface area contributed by atoms with Crippen LogP contribution in [0.3, 0.4) is 0 Å². The number of fused-ring (bicyclic) bond motifs is 1. The minimum absolute atomic E-state index is 0.0129. The van der Waals surface area contributed by atoms with Gasteiger partial charge in [-0.05, 0) is 25.6 Å². The van der Waals surface area contributed by atoms with E-state index in [1.807, 2.05) is 23.1 Å². The van der Waals surface area contributed by atoms with Gasteiger partial charge in [0, 0.05) is 33.0 Å². The standard InChI is InChI=1S/C20H29N3O3/c1-15(24)21-20-13-22(2)11-9-17(20)19(16-7-5-4-6-8-16)23(14-20)18(25)10-12-26-3/h4-8,17,19H,9-14H2,1-3H3,(H,21,24)/t17-,19-,20-/m1/s1. The molecule has 0 bridgehead atoms. The third kappa shape index (κ3) is 3.62. The van der Waals surface area contributed by atoms with Crippen LogP contribution >= 0.6 is 0 Å². The molecule has 0 radical (unpaired) electrons. The molecule has 2 aliphatic rings. The highest BCUT2D eigenvalue weighted by Gasteiger charge is 2.56. The lowest BCUT2D eigenvalue weighted by atomic mass is 9.76. The lowest BCUT2D eigenvalue weighted by Gasteiger charge is -2.44. The highest BCUT2D eigenvalue weighted by Crippen LogP contribution is 2.47. The fourth-order valence-electron chi connectivity index (χ4n) is 4.72. The van der Waals surface area contributed by atoms with Gasteiger partial charge in [0.2, 0.25) is 11.8 Å². The number of benzene rings is 1. The molecule has 0 spiro atoms. The topological polar surface area (TPSA) is 61.9 Å². The van der Waals surface area contributed by atoms with E-state index in [0.717, 1.165) is 25.1 Å². The summed E-state index contributed by atoms with van der Waals surface area (Å²) in [6, 6.07) is 10.2. The molecular formula is C20H29N3O3. The Bertz CT molecular complexity index is 651. The van der Waals surface area contributed by atoms with Gasteiger partial charge in [-0.1, -0.05) is 30.3 Å². The SMILES string of the molecule is COCCC(=O)N1C[C@]2(NC(C)=O)CN(C)CC[C@@H]2[C@H]1c1ccccc1.